The largest absolute Gasteiger partial charge is 0.492 e. The molecule has 128 valence electrons. The number of hydrogen-bond donors (Lipinski definition) is 2. The summed E-state index contributed by atoms with van der Waals surface area (Å²) in [5.74, 6) is -0.227. The molecule has 3 rings (SSSR count). The quantitative estimate of drug-likeness (QED) is 0.683. The van der Waals surface area contributed by atoms with Crippen LogP contribution in [0.2, 0.25) is 0 Å². The summed E-state index contributed by atoms with van der Waals surface area (Å²) in [6.45, 7) is 2.42. The van der Waals surface area contributed by atoms with Crippen molar-refractivity contribution in [3.63, 3.8) is 0 Å². The summed E-state index contributed by atoms with van der Waals surface area (Å²) in [7, 11) is 0. The highest BCUT2D eigenvalue weighted by Crippen LogP contribution is 2.27. The Morgan fingerprint density at radius 1 is 0.960 bits per heavy atom. The molecule has 0 aliphatic carbocycles. The van der Waals surface area contributed by atoms with Gasteiger partial charge in [0.2, 0.25) is 5.95 Å². The molecule has 5 nitrogen and oxygen atoms in total. The Morgan fingerprint density at radius 2 is 1.72 bits per heavy atom. The van der Waals surface area contributed by atoms with E-state index in [1.165, 1.54) is 12.3 Å². The zero-order valence-electron chi connectivity index (χ0n) is 13.5. The van der Waals surface area contributed by atoms with Crippen LogP contribution >= 0.6 is 0 Å². The van der Waals surface area contributed by atoms with Crippen molar-refractivity contribution >= 4 is 23.1 Å². The minimum absolute atomic E-state index is 0.0721. The number of ether oxygens (including phenoxy) is 1. The van der Waals surface area contributed by atoms with Crippen LogP contribution < -0.4 is 15.4 Å². The molecule has 2 N–H and O–H groups in total. The molecule has 0 aliphatic heterocycles. The zero-order valence-corrected chi connectivity index (χ0v) is 13.5. The van der Waals surface area contributed by atoms with Gasteiger partial charge < -0.3 is 15.4 Å². The molecule has 2 aromatic carbocycles. The van der Waals surface area contributed by atoms with Crippen molar-refractivity contribution in [2.45, 2.75) is 6.92 Å². The smallest absolute Gasteiger partial charge is 0.229 e. The second-order valence-electron chi connectivity index (χ2n) is 5.04. The Morgan fingerprint density at radius 3 is 2.48 bits per heavy atom. The van der Waals surface area contributed by atoms with Crippen molar-refractivity contribution in [1.82, 2.24) is 9.97 Å². The third-order valence-corrected chi connectivity index (χ3v) is 3.30. The molecular weight excluding hydrogens is 326 g/mol. The second kappa shape index (κ2) is 7.57. The van der Waals surface area contributed by atoms with Crippen molar-refractivity contribution < 1.29 is 13.5 Å². The van der Waals surface area contributed by atoms with Crippen molar-refractivity contribution in [2.75, 3.05) is 17.2 Å². The van der Waals surface area contributed by atoms with Crippen molar-refractivity contribution in [2.24, 2.45) is 0 Å². The van der Waals surface area contributed by atoms with E-state index in [-0.39, 0.29) is 11.6 Å². The number of aromatic nitrogens is 2. The molecule has 3 aromatic rings. The van der Waals surface area contributed by atoms with E-state index in [0.29, 0.717) is 18.2 Å². The van der Waals surface area contributed by atoms with Gasteiger partial charge in [0, 0.05) is 6.20 Å². The molecule has 0 radical (unpaired) electrons. The Kier molecular flexibility index (Phi) is 5.03. The molecule has 25 heavy (non-hydrogen) atoms. The first-order valence-electron chi connectivity index (χ1n) is 7.70. The van der Waals surface area contributed by atoms with Gasteiger partial charge in [0.25, 0.3) is 0 Å². The van der Waals surface area contributed by atoms with Crippen LogP contribution in [0.4, 0.5) is 31.9 Å². The Hall–Kier alpha value is -3.22. The van der Waals surface area contributed by atoms with Crippen molar-refractivity contribution in [3.8, 4) is 5.75 Å². The first-order chi connectivity index (χ1) is 12.2. The summed E-state index contributed by atoms with van der Waals surface area (Å²) in [6, 6.07) is 12.7. The van der Waals surface area contributed by atoms with E-state index < -0.39 is 11.6 Å². The number of nitrogens with one attached hydrogen (secondary N) is 2. The molecule has 7 heteroatoms. The molecule has 0 aliphatic rings. The lowest BCUT2D eigenvalue weighted by Crippen LogP contribution is -2.04. The van der Waals surface area contributed by atoms with E-state index in [1.54, 1.807) is 6.07 Å². The number of para-hydroxylation sites is 3. The van der Waals surface area contributed by atoms with Crippen molar-refractivity contribution in [1.29, 1.82) is 0 Å². The fraction of sp³-hybridized carbons (Fsp3) is 0.111. The predicted octanol–water partition coefficient (Wildman–Crippen LogP) is 4.64. The maximum absolute atomic E-state index is 13.7. The molecule has 1 aromatic heterocycles. The van der Waals surface area contributed by atoms with Crippen LogP contribution in [-0.4, -0.2) is 16.6 Å². The molecule has 0 unspecified atom stereocenters. The maximum atomic E-state index is 13.7. The average molecular weight is 342 g/mol. The zero-order chi connectivity index (χ0) is 17.6. The second-order valence-corrected chi connectivity index (χ2v) is 5.04. The van der Waals surface area contributed by atoms with Gasteiger partial charge in [-0.05, 0) is 37.3 Å². The summed E-state index contributed by atoms with van der Waals surface area (Å²) < 4.78 is 33.0. The van der Waals surface area contributed by atoms with Gasteiger partial charge in [0.05, 0.1) is 12.3 Å². The third kappa shape index (κ3) is 4.00. The number of nitrogens with zero attached hydrogens (tertiary/aromatic N) is 2. The van der Waals surface area contributed by atoms with E-state index in [4.69, 9.17) is 4.74 Å². The highest BCUT2D eigenvalue weighted by Gasteiger charge is 2.10. The minimum Gasteiger partial charge on any atom is -0.492 e. The SMILES string of the molecule is CCOc1ccccc1Nc1ccnc(Nc2c(F)cccc2F)n1. The van der Waals surface area contributed by atoms with Crippen LogP contribution in [0.25, 0.3) is 0 Å². The third-order valence-electron chi connectivity index (χ3n) is 3.30. The van der Waals surface area contributed by atoms with E-state index in [1.807, 2.05) is 31.2 Å². The molecule has 0 fully saturated rings. The Bertz CT molecular complexity index is 853. The fourth-order valence-electron chi connectivity index (χ4n) is 2.21. The molecule has 0 atom stereocenters. The number of anilines is 4. The maximum Gasteiger partial charge on any atom is 0.229 e. The van der Waals surface area contributed by atoms with Gasteiger partial charge in [-0.25, -0.2) is 13.8 Å². The summed E-state index contributed by atoms with van der Waals surface area (Å²) in [5, 5.41) is 5.67. The summed E-state index contributed by atoms with van der Waals surface area (Å²) >= 11 is 0. The molecule has 1 heterocycles. The molecule has 0 saturated heterocycles. The van der Waals surface area contributed by atoms with E-state index in [2.05, 4.69) is 20.6 Å². The summed E-state index contributed by atoms with van der Waals surface area (Å²) in [4.78, 5) is 8.22. The van der Waals surface area contributed by atoms with Crippen LogP contribution in [0.15, 0.2) is 54.7 Å². The summed E-state index contributed by atoms with van der Waals surface area (Å²) in [6.07, 6.45) is 1.49. The highest BCUT2D eigenvalue weighted by atomic mass is 19.1. The average Bonchev–Trinajstić information content (AvgIpc) is 2.61. The Balaban J connectivity index is 1.83. The lowest BCUT2D eigenvalue weighted by atomic mass is 10.3. The topological polar surface area (TPSA) is 59.1 Å². The van der Waals surface area contributed by atoms with E-state index in [0.717, 1.165) is 17.8 Å². The van der Waals surface area contributed by atoms with E-state index >= 15 is 0 Å². The van der Waals surface area contributed by atoms with Gasteiger partial charge in [-0.3, -0.25) is 0 Å². The van der Waals surface area contributed by atoms with Crippen LogP contribution in [0.3, 0.4) is 0 Å². The molecule has 0 saturated carbocycles. The molecule has 0 bridgehead atoms. The fourth-order valence-corrected chi connectivity index (χ4v) is 2.21. The van der Waals surface area contributed by atoms with E-state index in [9.17, 15) is 8.78 Å². The van der Waals surface area contributed by atoms with Crippen molar-refractivity contribution in [3.05, 3.63) is 66.4 Å². The highest BCUT2D eigenvalue weighted by molar-refractivity contribution is 5.65. The molecular formula is C18H16F2N4O. The van der Waals surface area contributed by atoms with Gasteiger partial charge in [0.1, 0.15) is 28.9 Å². The first kappa shape index (κ1) is 16.6. The van der Waals surface area contributed by atoms with Gasteiger partial charge >= 0.3 is 0 Å². The summed E-state index contributed by atoms with van der Waals surface area (Å²) in [5.41, 5.74) is 0.431. The predicted molar refractivity (Wildman–Crippen MR) is 92.6 cm³/mol. The number of hydrogen-bond acceptors (Lipinski definition) is 5. The first-order valence-corrected chi connectivity index (χ1v) is 7.70. The lowest BCUT2D eigenvalue weighted by molar-refractivity contribution is 0.342. The monoisotopic (exact) mass is 342 g/mol. The minimum atomic E-state index is -0.719. The lowest BCUT2D eigenvalue weighted by Gasteiger charge is -2.12. The van der Waals surface area contributed by atoms with Gasteiger partial charge in [-0.15, -0.1) is 0 Å². The number of rotatable bonds is 6. The van der Waals surface area contributed by atoms with Crippen LogP contribution in [0.5, 0.6) is 5.75 Å². The van der Waals surface area contributed by atoms with Crippen LogP contribution in [-0.2, 0) is 0 Å². The number of halogens is 2. The van der Waals surface area contributed by atoms with Crippen LogP contribution in [0.1, 0.15) is 6.92 Å². The molecule has 0 amide bonds. The number of benzene rings is 2. The standard InChI is InChI=1S/C18H16F2N4O/c1-2-25-15-9-4-3-8-14(15)22-16-10-11-21-18(23-16)24-17-12(19)6-5-7-13(17)20/h3-11H,2H2,1H3,(H2,21,22,23,24). The Labute approximate surface area is 143 Å². The van der Waals surface area contributed by atoms with Crippen LogP contribution in [0, 0.1) is 11.6 Å². The normalized spacial score (nSPS) is 10.4. The van der Waals surface area contributed by atoms with Gasteiger partial charge in [-0.2, -0.15) is 4.98 Å². The molecule has 0 spiro atoms. The van der Waals surface area contributed by atoms with Gasteiger partial charge in [0.15, 0.2) is 0 Å². The van der Waals surface area contributed by atoms with Gasteiger partial charge in [-0.1, -0.05) is 18.2 Å².